The van der Waals surface area contributed by atoms with Crippen LogP contribution in [0.25, 0.3) is 0 Å². The van der Waals surface area contributed by atoms with Crippen LogP contribution < -0.4 is 11.1 Å². The number of anilines is 1. The molecule has 22 heavy (non-hydrogen) atoms. The second-order valence-electron chi connectivity index (χ2n) is 4.77. The summed E-state index contributed by atoms with van der Waals surface area (Å²) in [6.45, 7) is 0. The first kappa shape index (κ1) is 20.7. The van der Waals surface area contributed by atoms with Crippen molar-refractivity contribution in [3.63, 3.8) is 0 Å². The van der Waals surface area contributed by atoms with Gasteiger partial charge in [0.2, 0.25) is 5.91 Å². The second kappa shape index (κ2) is 9.66. The summed E-state index contributed by atoms with van der Waals surface area (Å²) in [5, 5.41) is 2.60. The first-order valence-electron chi connectivity index (χ1n) is 6.43. The summed E-state index contributed by atoms with van der Waals surface area (Å²) in [7, 11) is 3.07. The Morgan fingerprint density at radius 3 is 2.59 bits per heavy atom. The van der Waals surface area contributed by atoms with E-state index >= 15 is 0 Å². The minimum atomic E-state index is -0.629. The average molecular weight is 350 g/mol. The summed E-state index contributed by atoms with van der Waals surface area (Å²) in [4.78, 5) is 25.0. The number of halogens is 2. The maximum atomic E-state index is 13.7. The minimum absolute atomic E-state index is 0. The molecule has 0 spiro atoms. The molecule has 0 aliphatic heterocycles. The monoisotopic (exact) mass is 349 g/mol. The molecule has 1 aromatic carbocycles. The van der Waals surface area contributed by atoms with Crippen molar-refractivity contribution in [2.75, 3.05) is 31.4 Å². The van der Waals surface area contributed by atoms with Gasteiger partial charge in [-0.3, -0.25) is 9.59 Å². The summed E-state index contributed by atoms with van der Waals surface area (Å²) in [6.07, 6.45) is 2.49. The van der Waals surface area contributed by atoms with Crippen LogP contribution in [0.15, 0.2) is 18.2 Å². The van der Waals surface area contributed by atoms with Crippen molar-refractivity contribution >= 4 is 41.7 Å². The van der Waals surface area contributed by atoms with Crippen molar-refractivity contribution in [3.8, 4) is 0 Å². The van der Waals surface area contributed by atoms with E-state index < -0.39 is 17.8 Å². The smallest absolute Gasteiger partial charge is 0.256 e. The van der Waals surface area contributed by atoms with E-state index in [1.807, 2.05) is 6.26 Å². The van der Waals surface area contributed by atoms with E-state index in [4.69, 9.17) is 5.73 Å². The Kier molecular flexibility index (Phi) is 9.08. The van der Waals surface area contributed by atoms with Crippen LogP contribution in [0.1, 0.15) is 16.8 Å². The van der Waals surface area contributed by atoms with E-state index in [2.05, 4.69) is 5.32 Å². The van der Waals surface area contributed by atoms with Crippen LogP contribution >= 0.6 is 24.2 Å². The number of rotatable bonds is 6. The molecule has 1 rings (SSSR count). The van der Waals surface area contributed by atoms with Crippen LogP contribution in [0.4, 0.5) is 10.1 Å². The maximum Gasteiger partial charge on any atom is 0.256 e. The molecule has 0 aliphatic carbocycles. The number of carbonyl (C=O) groups is 2. The topological polar surface area (TPSA) is 75.4 Å². The van der Waals surface area contributed by atoms with Crippen molar-refractivity contribution in [1.29, 1.82) is 0 Å². The third kappa shape index (κ3) is 5.82. The van der Waals surface area contributed by atoms with Crippen LogP contribution in [-0.2, 0) is 4.79 Å². The van der Waals surface area contributed by atoms with Crippen LogP contribution in [0, 0.1) is 5.82 Å². The van der Waals surface area contributed by atoms with Gasteiger partial charge in [0.05, 0.1) is 11.6 Å². The molecule has 0 fully saturated rings. The molecule has 1 aromatic rings. The number of thioether (sulfide) groups is 1. The first-order valence-corrected chi connectivity index (χ1v) is 7.82. The second-order valence-corrected chi connectivity index (χ2v) is 5.76. The maximum absolute atomic E-state index is 13.7. The molecular formula is C14H21ClFN3O2S. The molecule has 0 bridgehead atoms. The summed E-state index contributed by atoms with van der Waals surface area (Å²) in [6, 6.07) is 3.24. The van der Waals surface area contributed by atoms with E-state index in [0.717, 1.165) is 11.8 Å². The van der Waals surface area contributed by atoms with Crippen molar-refractivity contribution in [1.82, 2.24) is 4.90 Å². The Morgan fingerprint density at radius 1 is 1.41 bits per heavy atom. The van der Waals surface area contributed by atoms with Gasteiger partial charge in [-0.05, 0) is 36.6 Å². The summed E-state index contributed by atoms with van der Waals surface area (Å²) in [5.74, 6) is -0.657. The third-order valence-electron chi connectivity index (χ3n) is 2.84. The number of nitrogens with two attached hydrogens (primary N) is 1. The van der Waals surface area contributed by atoms with Crippen LogP contribution in [0.5, 0.6) is 0 Å². The number of amides is 2. The molecule has 0 heterocycles. The summed E-state index contributed by atoms with van der Waals surface area (Å²) in [5.41, 5.74) is 6.02. The molecule has 0 aromatic heterocycles. The van der Waals surface area contributed by atoms with Gasteiger partial charge in [0.25, 0.3) is 5.91 Å². The van der Waals surface area contributed by atoms with Gasteiger partial charge in [-0.15, -0.1) is 12.4 Å². The molecular weight excluding hydrogens is 329 g/mol. The summed E-state index contributed by atoms with van der Waals surface area (Å²) < 4.78 is 13.7. The Balaban J connectivity index is 0.00000441. The third-order valence-corrected chi connectivity index (χ3v) is 3.48. The first-order chi connectivity index (χ1) is 9.86. The number of hydrogen-bond acceptors (Lipinski definition) is 4. The quantitative estimate of drug-likeness (QED) is 0.823. The van der Waals surface area contributed by atoms with Crippen LogP contribution in [0.3, 0.4) is 0 Å². The highest BCUT2D eigenvalue weighted by molar-refractivity contribution is 7.98. The van der Waals surface area contributed by atoms with Crippen molar-refractivity contribution in [3.05, 3.63) is 29.6 Å². The normalized spacial score (nSPS) is 11.3. The van der Waals surface area contributed by atoms with Gasteiger partial charge in [0.1, 0.15) is 5.82 Å². The number of nitrogens with one attached hydrogen (secondary N) is 1. The van der Waals surface area contributed by atoms with Gasteiger partial charge >= 0.3 is 0 Å². The molecule has 5 nitrogen and oxygen atoms in total. The van der Waals surface area contributed by atoms with Gasteiger partial charge in [-0.2, -0.15) is 11.8 Å². The average Bonchev–Trinajstić information content (AvgIpc) is 2.45. The molecule has 0 aliphatic rings. The fraction of sp³-hybridized carbons (Fsp3) is 0.429. The zero-order valence-corrected chi connectivity index (χ0v) is 14.4. The highest BCUT2D eigenvalue weighted by Crippen LogP contribution is 2.16. The highest BCUT2D eigenvalue weighted by Gasteiger charge is 2.17. The lowest BCUT2D eigenvalue weighted by molar-refractivity contribution is -0.117. The van der Waals surface area contributed by atoms with Crippen LogP contribution in [0.2, 0.25) is 0 Å². The number of hydrogen-bond donors (Lipinski definition) is 2. The molecule has 0 unspecified atom stereocenters. The van der Waals surface area contributed by atoms with Crippen molar-refractivity contribution in [2.24, 2.45) is 5.73 Å². The molecule has 2 amide bonds. The molecule has 1 atom stereocenters. The molecule has 124 valence electrons. The molecule has 0 saturated carbocycles. The standard InChI is InChI=1S/C14H20FN3O2S.ClH/c1-18(2)14(20)10-8-9(4-5-11(10)15)17-13(19)12(16)6-7-21-3;/h4-5,8,12H,6-7,16H2,1-3H3,(H,17,19);1H/t12-;/m0./s1. The van der Waals surface area contributed by atoms with E-state index in [1.54, 1.807) is 11.8 Å². The van der Waals surface area contributed by atoms with Gasteiger partial charge in [0.15, 0.2) is 0 Å². The summed E-state index contributed by atoms with van der Waals surface area (Å²) >= 11 is 1.61. The molecule has 8 heteroatoms. The fourth-order valence-corrected chi connectivity index (χ4v) is 2.11. The number of nitrogens with zero attached hydrogens (tertiary/aromatic N) is 1. The Hall–Kier alpha value is -1.31. The van der Waals surface area contributed by atoms with Gasteiger partial charge in [0, 0.05) is 19.8 Å². The predicted molar refractivity (Wildman–Crippen MR) is 91.3 cm³/mol. The van der Waals surface area contributed by atoms with E-state index in [-0.39, 0.29) is 23.9 Å². The van der Waals surface area contributed by atoms with Gasteiger partial charge < -0.3 is 16.0 Å². The van der Waals surface area contributed by atoms with E-state index in [1.165, 1.54) is 31.1 Å². The predicted octanol–water partition coefficient (Wildman–Crippen LogP) is 1.97. The van der Waals surface area contributed by atoms with E-state index in [9.17, 15) is 14.0 Å². The van der Waals surface area contributed by atoms with Gasteiger partial charge in [-0.1, -0.05) is 0 Å². The lowest BCUT2D eigenvalue weighted by Gasteiger charge is -2.14. The van der Waals surface area contributed by atoms with Crippen molar-refractivity contribution < 1.29 is 14.0 Å². The minimum Gasteiger partial charge on any atom is -0.345 e. The molecule has 0 saturated heterocycles. The zero-order valence-electron chi connectivity index (χ0n) is 12.8. The Labute approximate surface area is 140 Å². The zero-order chi connectivity index (χ0) is 16.0. The molecule has 0 radical (unpaired) electrons. The number of benzene rings is 1. The van der Waals surface area contributed by atoms with Crippen molar-refractivity contribution in [2.45, 2.75) is 12.5 Å². The van der Waals surface area contributed by atoms with Crippen LogP contribution in [-0.4, -0.2) is 48.9 Å². The Morgan fingerprint density at radius 2 is 2.05 bits per heavy atom. The SMILES string of the molecule is CSCC[C@H](N)C(=O)Nc1ccc(F)c(C(=O)N(C)C)c1.Cl. The lowest BCUT2D eigenvalue weighted by atomic mass is 10.1. The lowest BCUT2D eigenvalue weighted by Crippen LogP contribution is -2.36. The fourth-order valence-electron chi connectivity index (χ4n) is 1.62. The largest absolute Gasteiger partial charge is 0.345 e. The van der Waals surface area contributed by atoms with Gasteiger partial charge in [-0.25, -0.2) is 4.39 Å². The highest BCUT2D eigenvalue weighted by atomic mass is 35.5. The molecule has 3 N–H and O–H groups in total. The van der Waals surface area contributed by atoms with E-state index in [0.29, 0.717) is 12.1 Å². The number of carbonyl (C=O) groups excluding carboxylic acids is 2. The Bertz CT molecular complexity index is 529.